The van der Waals surface area contributed by atoms with E-state index >= 15 is 0 Å². The fraction of sp³-hybridized carbons (Fsp3) is 0.231. The van der Waals surface area contributed by atoms with E-state index in [1.165, 1.54) is 5.56 Å². The molecule has 5 rings (SSSR count). The second-order valence-corrected chi connectivity index (χ2v) is 8.48. The summed E-state index contributed by atoms with van der Waals surface area (Å²) < 4.78 is 10.8. The molecule has 8 nitrogen and oxygen atoms in total. The highest BCUT2D eigenvalue weighted by Crippen LogP contribution is 2.49. The lowest BCUT2D eigenvalue weighted by atomic mass is 9.93. The summed E-state index contributed by atoms with van der Waals surface area (Å²) in [5.74, 6) is 1.76. The van der Waals surface area contributed by atoms with E-state index in [1.54, 1.807) is 14.2 Å². The summed E-state index contributed by atoms with van der Waals surface area (Å²) in [5, 5.41) is 17.5. The van der Waals surface area contributed by atoms with Gasteiger partial charge >= 0.3 is 0 Å². The first-order valence-electron chi connectivity index (χ1n) is 11.0. The monoisotopic (exact) mass is 455 g/mol. The summed E-state index contributed by atoms with van der Waals surface area (Å²) in [7, 11) is 3.20. The van der Waals surface area contributed by atoms with Crippen molar-refractivity contribution >= 4 is 11.6 Å². The Kier molecular flexibility index (Phi) is 5.49. The fourth-order valence-corrected chi connectivity index (χ4v) is 4.24. The largest absolute Gasteiger partial charge is 0.493 e. The van der Waals surface area contributed by atoms with E-state index < -0.39 is 5.41 Å². The number of aromatic nitrogens is 4. The first kappa shape index (κ1) is 21.6. The number of amides is 1. The number of tetrazole rings is 1. The highest BCUT2D eigenvalue weighted by atomic mass is 16.5. The predicted octanol–water partition coefficient (Wildman–Crippen LogP) is 4.53. The van der Waals surface area contributed by atoms with Crippen molar-refractivity contribution in [2.75, 3.05) is 19.5 Å². The molecule has 1 amide bonds. The number of carbonyl (C=O) groups excluding carboxylic acids is 1. The summed E-state index contributed by atoms with van der Waals surface area (Å²) in [6.07, 6.45) is 1.68. The quantitative estimate of drug-likeness (QED) is 0.425. The van der Waals surface area contributed by atoms with Crippen molar-refractivity contribution in [3.63, 3.8) is 0 Å². The van der Waals surface area contributed by atoms with Gasteiger partial charge in [0.15, 0.2) is 17.3 Å². The lowest BCUT2D eigenvalue weighted by molar-refractivity contribution is -0.118. The number of rotatable bonds is 7. The van der Waals surface area contributed by atoms with Crippen molar-refractivity contribution in [2.24, 2.45) is 0 Å². The molecule has 2 N–H and O–H groups in total. The van der Waals surface area contributed by atoms with E-state index in [0.29, 0.717) is 23.0 Å². The van der Waals surface area contributed by atoms with Crippen molar-refractivity contribution < 1.29 is 14.3 Å². The van der Waals surface area contributed by atoms with Crippen LogP contribution in [0.1, 0.15) is 24.0 Å². The molecule has 0 aliphatic heterocycles. The number of nitrogens with zero attached hydrogens (tertiary/aromatic N) is 3. The zero-order chi connectivity index (χ0) is 23.7. The molecule has 172 valence electrons. The van der Waals surface area contributed by atoms with Crippen LogP contribution in [0.4, 0.5) is 5.69 Å². The maximum absolute atomic E-state index is 13.3. The van der Waals surface area contributed by atoms with Gasteiger partial charge in [-0.2, -0.15) is 0 Å². The Hall–Kier alpha value is -4.20. The molecule has 3 aromatic carbocycles. The molecule has 4 aromatic rings. The number of hydrogen-bond donors (Lipinski definition) is 2. The number of anilines is 1. The number of nitrogens with one attached hydrogen (secondary N) is 2. The molecule has 1 heterocycles. The third-order valence-corrected chi connectivity index (χ3v) is 6.36. The number of H-pyrrole nitrogens is 1. The van der Waals surface area contributed by atoms with Gasteiger partial charge in [0.25, 0.3) is 0 Å². The first-order chi connectivity index (χ1) is 16.5. The standard InChI is InChI=1S/C26H25N5O3/c1-16-4-7-18(8-5-16)26(12-13-26)25(32)27-19-9-10-20(21(15-19)24-28-30-31-29-24)17-6-11-22(33-2)23(14-17)34-3/h4-11,14-15H,12-13H2,1-3H3,(H,27,32)(H,28,29,30,31). The second-order valence-electron chi connectivity index (χ2n) is 8.48. The topological polar surface area (TPSA) is 102 Å². The van der Waals surface area contributed by atoms with E-state index in [0.717, 1.165) is 35.1 Å². The molecule has 0 unspecified atom stereocenters. The average molecular weight is 456 g/mol. The summed E-state index contributed by atoms with van der Waals surface area (Å²) in [5.41, 5.74) is 4.99. The molecule has 1 aromatic heterocycles. The van der Waals surface area contributed by atoms with Crippen LogP contribution in [0.15, 0.2) is 60.7 Å². The van der Waals surface area contributed by atoms with Crippen LogP contribution in [0, 0.1) is 6.92 Å². The minimum atomic E-state index is -0.469. The van der Waals surface area contributed by atoms with Gasteiger partial charge in [-0.25, -0.2) is 5.10 Å². The van der Waals surface area contributed by atoms with E-state index in [9.17, 15) is 4.79 Å². The number of benzene rings is 3. The van der Waals surface area contributed by atoms with Gasteiger partial charge in [-0.15, -0.1) is 5.10 Å². The lowest BCUT2D eigenvalue weighted by Gasteiger charge is -2.17. The Morgan fingerprint density at radius 1 is 0.941 bits per heavy atom. The van der Waals surface area contributed by atoms with Crippen LogP contribution in [0.2, 0.25) is 0 Å². The Bertz CT molecular complexity index is 1330. The minimum Gasteiger partial charge on any atom is -0.493 e. The van der Waals surface area contributed by atoms with Gasteiger partial charge in [-0.3, -0.25) is 4.79 Å². The number of aromatic amines is 1. The van der Waals surface area contributed by atoms with Crippen LogP contribution in [0.3, 0.4) is 0 Å². The molecule has 1 aliphatic carbocycles. The Morgan fingerprint density at radius 2 is 1.71 bits per heavy atom. The average Bonchev–Trinajstić information content (AvgIpc) is 3.50. The number of carbonyl (C=O) groups is 1. The van der Waals surface area contributed by atoms with Gasteiger partial charge in [0, 0.05) is 11.3 Å². The van der Waals surface area contributed by atoms with Gasteiger partial charge in [0.1, 0.15) is 0 Å². The highest BCUT2D eigenvalue weighted by molar-refractivity contribution is 6.02. The smallest absolute Gasteiger partial charge is 0.235 e. The third-order valence-electron chi connectivity index (χ3n) is 6.36. The minimum absolute atomic E-state index is 0.00290. The van der Waals surface area contributed by atoms with Gasteiger partial charge < -0.3 is 14.8 Å². The van der Waals surface area contributed by atoms with Crippen molar-refractivity contribution in [3.8, 4) is 34.0 Å². The fourth-order valence-electron chi connectivity index (χ4n) is 4.24. The highest BCUT2D eigenvalue weighted by Gasteiger charge is 2.51. The molecule has 0 saturated heterocycles. The summed E-state index contributed by atoms with van der Waals surface area (Å²) in [4.78, 5) is 13.3. The van der Waals surface area contributed by atoms with Crippen LogP contribution < -0.4 is 14.8 Å². The van der Waals surface area contributed by atoms with Crippen molar-refractivity contribution in [2.45, 2.75) is 25.2 Å². The van der Waals surface area contributed by atoms with Crippen LogP contribution >= 0.6 is 0 Å². The van der Waals surface area contributed by atoms with Crippen molar-refractivity contribution in [1.29, 1.82) is 0 Å². The number of hydrogen-bond acceptors (Lipinski definition) is 6. The van der Waals surface area contributed by atoms with Crippen molar-refractivity contribution in [1.82, 2.24) is 20.6 Å². The van der Waals surface area contributed by atoms with Gasteiger partial charge in [0.05, 0.1) is 19.6 Å². The molecular weight excluding hydrogens is 430 g/mol. The van der Waals surface area contributed by atoms with Gasteiger partial charge in [-0.05, 0) is 71.1 Å². The van der Waals surface area contributed by atoms with Gasteiger partial charge in [0.2, 0.25) is 5.91 Å². The second kappa shape index (κ2) is 8.62. The van der Waals surface area contributed by atoms with Crippen LogP contribution in [-0.4, -0.2) is 40.8 Å². The molecule has 0 bridgehead atoms. The Balaban J connectivity index is 1.49. The Morgan fingerprint density at radius 3 is 2.35 bits per heavy atom. The van der Waals surface area contributed by atoms with E-state index in [4.69, 9.17) is 9.47 Å². The number of methoxy groups -OCH3 is 2. The predicted molar refractivity (Wildman–Crippen MR) is 129 cm³/mol. The summed E-state index contributed by atoms with van der Waals surface area (Å²) in [6.45, 7) is 2.04. The SMILES string of the molecule is COc1ccc(-c2ccc(NC(=O)C3(c4ccc(C)cc4)CC3)cc2-c2nnn[nH]2)cc1OC. The first-order valence-corrected chi connectivity index (χ1v) is 11.0. The summed E-state index contributed by atoms with van der Waals surface area (Å²) >= 11 is 0. The molecule has 1 saturated carbocycles. The van der Waals surface area contributed by atoms with Crippen LogP contribution in [-0.2, 0) is 10.2 Å². The van der Waals surface area contributed by atoms with Crippen molar-refractivity contribution in [3.05, 3.63) is 71.8 Å². The van der Waals surface area contributed by atoms with E-state index in [2.05, 4.69) is 38.1 Å². The maximum Gasteiger partial charge on any atom is 0.235 e. The molecular formula is C26H25N5O3. The van der Waals surface area contributed by atoms with Crippen LogP contribution in [0.5, 0.6) is 11.5 Å². The number of ether oxygens (including phenoxy) is 2. The zero-order valence-corrected chi connectivity index (χ0v) is 19.3. The molecule has 34 heavy (non-hydrogen) atoms. The third kappa shape index (κ3) is 3.87. The Labute approximate surface area is 197 Å². The molecule has 1 aliphatic rings. The molecule has 0 atom stereocenters. The van der Waals surface area contributed by atoms with E-state index in [-0.39, 0.29) is 5.91 Å². The number of aryl methyl sites for hydroxylation is 1. The zero-order valence-electron chi connectivity index (χ0n) is 19.3. The lowest BCUT2D eigenvalue weighted by Crippen LogP contribution is -2.27. The maximum atomic E-state index is 13.3. The summed E-state index contributed by atoms with van der Waals surface area (Å²) in [6, 6.07) is 19.6. The molecule has 0 radical (unpaired) electrons. The van der Waals surface area contributed by atoms with Crippen LogP contribution in [0.25, 0.3) is 22.5 Å². The normalized spacial score (nSPS) is 13.9. The molecule has 1 fully saturated rings. The van der Waals surface area contributed by atoms with Gasteiger partial charge in [-0.1, -0.05) is 42.0 Å². The molecule has 0 spiro atoms. The van der Waals surface area contributed by atoms with E-state index in [1.807, 2.05) is 55.5 Å². The molecule has 8 heteroatoms.